The molecule has 0 atom stereocenters. The number of nitrogens with one attached hydrogen (secondary N) is 1. The highest BCUT2D eigenvalue weighted by Gasteiger charge is 2.27. The second-order valence-electron chi connectivity index (χ2n) is 6.93. The number of nitrogens with zero attached hydrogens (tertiary/aromatic N) is 2. The number of hydrogen-bond donors (Lipinski definition) is 1. The molecular formula is C23H21N3O6S. The van der Waals surface area contributed by atoms with E-state index in [-0.39, 0.29) is 11.7 Å². The molecule has 9 nitrogen and oxygen atoms in total. The largest absolute Gasteiger partial charge is 0.497 e. The minimum atomic E-state index is -4.00. The highest BCUT2D eigenvalue weighted by Crippen LogP contribution is 2.32. The third-order valence-corrected chi connectivity index (χ3v) is 6.57. The van der Waals surface area contributed by atoms with Gasteiger partial charge in [0.1, 0.15) is 12.3 Å². The number of methoxy groups -OCH3 is 1. The van der Waals surface area contributed by atoms with E-state index in [4.69, 9.17) is 14.2 Å². The second-order valence-corrected chi connectivity index (χ2v) is 8.79. The zero-order chi connectivity index (χ0) is 23.3. The summed E-state index contributed by atoms with van der Waals surface area (Å²) in [5, 5.41) is 3.93. The molecule has 0 saturated carbocycles. The fourth-order valence-electron chi connectivity index (χ4n) is 3.12. The Kier molecular flexibility index (Phi) is 6.45. The molecule has 1 aliphatic rings. The molecule has 0 aliphatic carbocycles. The van der Waals surface area contributed by atoms with Gasteiger partial charge in [-0.3, -0.25) is 9.10 Å². The minimum absolute atomic E-state index is 0.0671. The summed E-state index contributed by atoms with van der Waals surface area (Å²) in [7, 11) is -2.49. The topological polar surface area (TPSA) is 107 Å². The van der Waals surface area contributed by atoms with Crippen LogP contribution in [-0.2, 0) is 14.8 Å². The summed E-state index contributed by atoms with van der Waals surface area (Å²) in [6, 6.07) is 19.5. The minimum Gasteiger partial charge on any atom is -0.497 e. The molecule has 1 N–H and O–H groups in total. The van der Waals surface area contributed by atoms with Crippen molar-refractivity contribution < 1.29 is 27.4 Å². The zero-order valence-electron chi connectivity index (χ0n) is 17.7. The average molecular weight is 468 g/mol. The first-order valence-corrected chi connectivity index (χ1v) is 11.3. The van der Waals surface area contributed by atoms with E-state index < -0.39 is 22.5 Å². The van der Waals surface area contributed by atoms with Crippen LogP contribution < -0.4 is 23.9 Å². The molecule has 0 bridgehead atoms. The fraction of sp³-hybridized carbons (Fsp3) is 0.130. The van der Waals surface area contributed by atoms with Gasteiger partial charge in [0.05, 0.1) is 23.9 Å². The number of carbonyl (C=O) groups excluding carboxylic acids is 1. The van der Waals surface area contributed by atoms with E-state index in [0.29, 0.717) is 28.5 Å². The van der Waals surface area contributed by atoms with E-state index in [9.17, 15) is 13.2 Å². The number of anilines is 1. The first-order valence-electron chi connectivity index (χ1n) is 9.91. The fourth-order valence-corrected chi connectivity index (χ4v) is 4.56. The normalized spacial score (nSPS) is 12.5. The van der Waals surface area contributed by atoms with Crippen LogP contribution in [0.5, 0.6) is 17.2 Å². The third-order valence-electron chi connectivity index (χ3n) is 4.78. The Morgan fingerprint density at radius 3 is 2.52 bits per heavy atom. The maximum atomic E-state index is 13.3. The molecular weight excluding hydrogens is 446 g/mol. The first-order chi connectivity index (χ1) is 16.0. The van der Waals surface area contributed by atoms with Crippen molar-refractivity contribution in [2.75, 3.05) is 24.8 Å². The average Bonchev–Trinajstić information content (AvgIpc) is 3.31. The van der Waals surface area contributed by atoms with E-state index in [0.717, 1.165) is 4.31 Å². The van der Waals surface area contributed by atoms with Crippen LogP contribution in [0.3, 0.4) is 0 Å². The van der Waals surface area contributed by atoms with Gasteiger partial charge in [-0.15, -0.1) is 0 Å². The van der Waals surface area contributed by atoms with Crippen LogP contribution in [0.1, 0.15) is 5.56 Å². The van der Waals surface area contributed by atoms with Crippen molar-refractivity contribution in [2.24, 2.45) is 5.10 Å². The maximum Gasteiger partial charge on any atom is 0.264 e. The summed E-state index contributed by atoms with van der Waals surface area (Å²) in [5.74, 6) is 1.18. The zero-order valence-corrected chi connectivity index (χ0v) is 18.5. The van der Waals surface area contributed by atoms with E-state index >= 15 is 0 Å². The summed E-state index contributed by atoms with van der Waals surface area (Å²) < 4.78 is 43.3. The molecule has 10 heteroatoms. The van der Waals surface area contributed by atoms with Crippen LogP contribution in [0.4, 0.5) is 5.69 Å². The number of hydrazone groups is 1. The van der Waals surface area contributed by atoms with Gasteiger partial charge < -0.3 is 14.2 Å². The molecule has 3 aromatic carbocycles. The standard InChI is InChI=1S/C23H21N3O6S/c1-30-19-10-8-18(9-11-19)26(33(28,29)20-5-3-2-4-6-20)15-23(27)25-24-14-17-7-12-21-22(13-17)32-16-31-21/h2-14H,15-16H2,1H3,(H,25,27). The van der Waals surface area contributed by atoms with Crippen molar-refractivity contribution in [2.45, 2.75) is 4.90 Å². The van der Waals surface area contributed by atoms with Crippen molar-refractivity contribution in [1.29, 1.82) is 0 Å². The molecule has 1 heterocycles. The van der Waals surface area contributed by atoms with Gasteiger partial charge >= 0.3 is 0 Å². The van der Waals surface area contributed by atoms with Gasteiger partial charge in [0.25, 0.3) is 15.9 Å². The molecule has 1 aliphatic heterocycles. The Labute approximate surface area is 191 Å². The van der Waals surface area contributed by atoms with Gasteiger partial charge in [-0.2, -0.15) is 5.10 Å². The number of carbonyl (C=O) groups is 1. The number of fused-ring (bicyclic) bond motifs is 1. The van der Waals surface area contributed by atoms with E-state index in [2.05, 4.69) is 10.5 Å². The number of amides is 1. The molecule has 4 rings (SSSR count). The van der Waals surface area contributed by atoms with Crippen molar-refractivity contribution in [3.05, 3.63) is 78.4 Å². The Morgan fingerprint density at radius 1 is 1.06 bits per heavy atom. The van der Waals surface area contributed by atoms with Crippen molar-refractivity contribution in [1.82, 2.24) is 5.43 Å². The molecule has 0 fully saturated rings. The van der Waals surface area contributed by atoms with Gasteiger partial charge in [0, 0.05) is 0 Å². The molecule has 0 radical (unpaired) electrons. The van der Waals surface area contributed by atoms with Gasteiger partial charge in [-0.05, 0) is 60.2 Å². The monoisotopic (exact) mass is 467 g/mol. The lowest BCUT2D eigenvalue weighted by molar-refractivity contribution is -0.119. The molecule has 0 saturated heterocycles. The Hall–Kier alpha value is -4.05. The van der Waals surface area contributed by atoms with Crippen LogP contribution >= 0.6 is 0 Å². The summed E-state index contributed by atoms with van der Waals surface area (Å²) in [5.41, 5.74) is 3.37. The van der Waals surface area contributed by atoms with Crippen LogP contribution in [0.15, 0.2) is 82.8 Å². The van der Waals surface area contributed by atoms with Gasteiger partial charge in [-0.1, -0.05) is 18.2 Å². The molecule has 0 unspecified atom stereocenters. The lowest BCUT2D eigenvalue weighted by atomic mass is 10.2. The highest BCUT2D eigenvalue weighted by atomic mass is 32.2. The van der Waals surface area contributed by atoms with E-state index in [1.165, 1.54) is 25.5 Å². The summed E-state index contributed by atoms with van der Waals surface area (Å²) >= 11 is 0. The predicted molar refractivity (Wildman–Crippen MR) is 122 cm³/mol. The van der Waals surface area contributed by atoms with Gasteiger partial charge in [0.15, 0.2) is 11.5 Å². The van der Waals surface area contributed by atoms with E-state index in [1.807, 2.05) is 0 Å². The van der Waals surface area contributed by atoms with Crippen LogP contribution in [0, 0.1) is 0 Å². The number of ether oxygens (including phenoxy) is 3. The van der Waals surface area contributed by atoms with Crippen LogP contribution in [0.2, 0.25) is 0 Å². The Balaban J connectivity index is 1.52. The highest BCUT2D eigenvalue weighted by molar-refractivity contribution is 7.92. The van der Waals surface area contributed by atoms with Gasteiger partial charge in [0.2, 0.25) is 6.79 Å². The number of rotatable bonds is 8. The summed E-state index contributed by atoms with van der Waals surface area (Å²) in [6.45, 7) is -0.314. The smallest absolute Gasteiger partial charge is 0.264 e. The molecule has 0 spiro atoms. The maximum absolute atomic E-state index is 13.3. The molecule has 0 aromatic heterocycles. The van der Waals surface area contributed by atoms with Crippen molar-refractivity contribution >= 4 is 27.8 Å². The van der Waals surface area contributed by atoms with Crippen LogP contribution in [-0.4, -0.2) is 41.0 Å². The first kappa shape index (κ1) is 22.2. The lowest BCUT2D eigenvalue weighted by Crippen LogP contribution is -2.39. The Morgan fingerprint density at radius 2 is 1.79 bits per heavy atom. The number of sulfonamides is 1. The van der Waals surface area contributed by atoms with E-state index in [1.54, 1.807) is 60.7 Å². The predicted octanol–water partition coefficient (Wildman–Crippen LogP) is 2.77. The molecule has 33 heavy (non-hydrogen) atoms. The second kappa shape index (κ2) is 9.61. The third kappa shape index (κ3) is 5.07. The summed E-state index contributed by atoms with van der Waals surface area (Å²) in [4.78, 5) is 12.7. The van der Waals surface area contributed by atoms with Crippen LogP contribution in [0.25, 0.3) is 0 Å². The number of benzene rings is 3. The Bertz CT molecular complexity index is 1260. The molecule has 3 aromatic rings. The molecule has 170 valence electrons. The lowest BCUT2D eigenvalue weighted by Gasteiger charge is -2.23. The number of hydrogen-bond acceptors (Lipinski definition) is 7. The summed E-state index contributed by atoms with van der Waals surface area (Å²) in [6.07, 6.45) is 1.43. The van der Waals surface area contributed by atoms with Crippen molar-refractivity contribution in [3.63, 3.8) is 0 Å². The quantitative estimate of drug-likeness (QED) is 0.403. The van der Waals surface area contributed by atoms with Gasteiger partial charge in [-0.25, -0.2) is 13.8 Å². The van der Waals surface area contributed by atoms with Crippen molar-refractivity contribution in [3.8, 4) is 17.2 Å². The molecule has 1 amide bonds. The SMILES string of the molecule is COc1ccc(N(CC(=O)NN=Cc2ccc3c(c2)OCO3)S(=O)(=O)c2ccccc2)cc1.